The number of benzene rings is 2. The van der Waals surface area contributed by atoms with Gasteiger partial charge in [-0.05, 0) is 23.3 Å². The number of nitrogen functional groups attached to an aromatic ring is 1. The molecule has 3 N–H and O–H groups in total. The number of carbonyl (C=O) groups excluding carboxylic acids is 1. The molecular weight excluding hydrogens is 475 g/mol. The fraction of sp³-hybridized carbons (Fsp3) is 0.120. The van der Waals surface area contributed by atoms with Crippen LogP contribution >= 0.6 is 0 Å². The largest absolute Gasteiger partial charge is 0.433 e. The number of amides is 1. The zero-order valence-corrected chi connectivity index (χ0v) is 18.7. The zero-order valence-electron chi connectivity index (χ0n) is 18.7. The van der Waals surface area contributed by atoms with Gasteiger partial charge in [-0.15, -0.1) is 0 Å². The highest BCUT2D eigenvalue weighted by Crippen LogP contribution is 2.28. The lowest BCUT2D eigenvalue weighted by atomic mass is 10.1. The minimum Gasteiger partial charge on any atom is -0.383 e. The summed E-state index contributed by atoms with van der Waals surface area (Å²) in [6.07, 6.45) is -3.90. The number of hydrogen-bond acceptors (Lipinski definition) is 5. The maximum atomic E-state index is 13.5. The van der Waals surface area contributed by atoms with E-state index in [1.807, 2.05) is 0 Å². The predicted molar refractivity (Wildman–Crippen MR) is 127 cm³/mol. The lowest BCUT2D eigenvalue weighted by molar-refractivity contribution is -0.141. The summed E-state index contributed by atoms with van der Waals surface area (Å²) in [4.78, 5) is 45.5. The number of carbonyl (C=O) groups is 1. The Hall–Kier alpha value is -4.67. The van der Waals surface area contributed by atoms with Crippen LogP contribution in [0.2, 0.25) is 0 Å². The van der Waals surface area contributed by atoms with E-state index < -0.39 is 29.0 Å². The molecule has 36 heavy (non-hydrogen) atoms. The van der Waals surface area contributed by atoms with Crippen LogP contribution < -0.4 is 21.9 Å². The van der Waals surface area contributed by atoms with Gasteiger partial charge in [-0.25, -0.2) is 4.79 Å². The van der Waals surface area contributed by atoms with Crippen LogP contribution in [0.5, 0.6) is 0 Å². The number of alkyl halides is 3. The molecule has 1 amide bonds. The first-order valence-corrected chi connectivity index (χ1v) is 10.7. The first-order valence-electron chi connectivity index (χ1n) is 10.7. The minimum absolute atomic E-state index is 0.0183. The Morgan fingerprint density at radius 3 is 2.11 bits per heavy atom. The van der Waals surface area contributed by atoms with Gasteiger partial charge in [0, 0.05) is 6.20 Å². The van der Waals surface area contributed by atoms with E-state index >= 15 is 0 Å². The summed E-state index contributed by atoms with van der Waals surface area (Å²) in [5.41, 5.74) is 4.26. The molecule has 0 radical (unpaired) electrons. The number of aromatic amines is 1. The van der Waals surface area contributed by atoms with Gasteiger partial charge < -0.3 is 5.73 Å². The Bertz CT molecular complexity index is 1480. The first-order chi connectivity index (χ1) is 17.1. The van der Waals surface area contributed by atoms with Crippen molar-refractivity contribution >= 4 is 17.4 Å². The second kappa shape index (κ2) is 9.90. The quantitative estimate of drug-likeness (QED) is 0.426. The third-order valence-corrected chi connectivity index (χ3v) is 5.40. The number of nitrogens with two attached hydrogens (primary N) is 1. The number of H-pyrrole nitrogens is 1. The first kappa shape index (κ1) is 24.5. The lowest BCUT2D eigenvalue weighted by Crippen LogP contribution is -2.41. The summed E-state index contributed by atoms with van der Waals surface area (Å²) in [6.45, 7) is -0.123. The Morgan fingerprint density at radius 2 is 1.56 bits per heavy atom. The van der Waals surface area contributed by atoms with E-state index in [9.17, 15) is 27.6 Å². The summed E-state index contributed by atoms with van der Waals surface area (Å²) >= 11 is 0. The number of halogens is 3. The third kappa shape index (κ3) is 5.19. The standard InChI is InChI=1S/C25H20F3N5O3/c26-25(27,28)19-12-11-18(13-30-19)23(35)32(14-16-7-3-1-4-8-16)20-21(29)33(24(36)31-22(20)34)15-17-9-5-2-6-10-17/h1-13H,14-15,29H2,(H,31,34,36). The third-order valence-electron chi connectivity index (χ3n) is 5.40. The number of aromatic nitrogens is 3. The molecule has 0 atom stereocenters. The molecule has 0 bridgehead atoms. The van der Waals surface area contributed by atoms with Crippen molar-refractivity contribution in [2.24, 2.45) is 0 Å². The van der Waals surface area contributed by atoms with Gasteiger partial charge in [-0.1, -0.05) is 60.7 Å². The average molecular weight is 495 g/mol. The second-order valence-corrected chi connectivity index (χ2v) is 7.87. The van der Waals surface area contributed by atoms with Gasteiger partial charge >= 0.3 is 11.9 Å². The Kier molecular flexibility index (Phi) is 6.73. The monoisotopic (exact) mass is 495 g/mol. The van der Waals surface area contributed by atoms with E-state index in [0.29, 0.717) is 11.6 Å². The number of hydrogen-bond donors (Lipinski definition) is 2. The van der Waals surface area contributed by atoms with Crippen LogP contribution in [0.1, 0.15) is 27.2 Å². The van der Waals surface area contributed by atoms with Gasteiger partial charge in [0.15, 0.2) is 5.69 Å². The summed E-state index contributed by atoms with van der Waals surface area (Å²) < 4.78 is 40.0. The Morgan fingerprint density at radius 1 is 0.944 bits per heavy atom. The molecule has 2 heterocycles. The second-order valence-electron chi connectivity index (χ2n) is 7.87. The molecule has 4 aromatic rings. The topological polar surface area (TPSA) is 114 Å². The fourth-order valence-corrected chi connectivity index (χ4v) is 3.62. The Balaban J connectivity index is 1.82. The van der Waals surface area contributed by atoms with Gasteiger partial charge in [0.2, 0.25) is 0 Å². The number of rotatable bonds is 6. The average Bonchev–Trinajstić information content (AvgIpc) is 2.86. The number of pyridine rings is 1. The van der Waals surface area contributed by atoms with Gasteiger partial charge in [0.1, 0.15) is 11.5 Å². The van der Waals surface area contributed by atoms with Crippen LogP contribution in [0.3, 0.4) is 0 Å². The molecule has 8 nitrogen and oxygen atoms in total. The highest BCUT2D eigenvalue weighted by molar-refractivity contribution is 6.07. The van der Waals surface area contributed by atoms with Crippen molar-refractivity contribution in [2.45, 2.75) is 19.3 Å². The Labute approximate surface area is 202 Å². The summed E-state index contributed by atoms with van der Waals surface area (Å²) in [5.74, 6) is -1.08. The summed E-state index contributed by atoms with van der Waals surface area (Å²) in [7, 11) is 0. The molecule has 0 saturated heterocycles. The van der Waals surface area contributed by atoms with Crippen LogP contribution in [0.15, 0.2) is 88.6 Å². The fourth-order valence-electron chi connectivity index (χ4n) is 3.62. The van der Waals surface area contributed by atoms with E-state index in [1.54, 1.807) is 60.7 Å². The van der Waals surface area contributed by atoms with Crippen molar-refractivity contribution in [1.29, 1.82) is 0 Å². The molecule has 0 aliphatic heterocycles. The van der Waals surface area contributed by atoms with Crippen LogP contribution in [0.4, 0.5) is 24.7 Å². The molecule has 2 aromatic heterocycles. The van der Waals surface area contributed by atoms with Crippen LogP contribution in [0, 0.1) is 0 Å². The normalized spacial score (nSPS) is 11.3. The molecule has 0 fully saturated rings. The maximum absolute atomic E-state index is 13.5. The number of anilines is 2. The van der Waals surface area contributed by atoms with Crippen molar-refractivity contribution in [1.82, 2.24) is 14.5 Å². The van der Waals surface area contributed by atoms with E-state index in [-0.39, 0.29) is 30.2 Å². The molecule has 184 valence electrons. The van der Waals surface area contributed by atoms with Crippen molar-refractivity contribution in [3.63, 3.8) is 0 Å². The molecule has 2 aromatic carbocycles. The molecular formula is C25H20F3N5O3. The van der Waals surface area contributed by atoms with E-state index in [1.165, 1.54) is 0 Å². The molecule has 0 saturated carbocycles. The summed E-state index contributed by atoms with van der Waals surface area (Å²) in [5, 5.41) is 0. The van der Waals surface area contributed by atoms with Crippen LogP contribution in [-0.4, -0.2) is 20.4 Å². The van der Waals surface area contributed by atoms with Crippen molar-refractivity contribution in [3.8, 4) is 0 Å². The SMILES string of the molecule is Nc1c(N(Cc2ccccc2)C(=O)c2ccc(C(F)(F)F)nc2)c(=O)[nH]c(=O)n1Cc1ccccc1. The van der Waals surface area contributed by atoms with E-state index in [2.05, 4.69) is 9.97 Å². The van der Waals surface area contributed by atoms with Crippen LogP contribution in [-0.2, 0) is 19.3 Å². The van der Waals surface area contributed by atoms with Gasteiger partial charge in [-0.2, -0.15) is 13.2 Å². The summed E-state index contributed by atoms with van der Waals surface area (Å²) in [6, 6.07) is 19.1. The minimum atomic E-state index is -4.68. The van der Waals surface area contributed by atoms with E-state index in [4.69, 9.17) is 5.73 Å². The van der Waals surface area contributed by atoms with Gasteiger partial charge in [0.25, 0.3) is 11.5 Å². The molecule has 0 aliphatic carbocycles. The van der Waals surface area contributed by atoms with Crippen molar-refractivity contribution in [3.05, 3.63) is 122 Å². The van der Waals surface area contributed by atoms with Crippen LogP contribution in [0.25, 0.3) is 0 Å². The molecule has 11 heteroatoms. The predicted octanol–water partition coefficient (Wildman–Crippen LogP) is 3.43. The number of nitrogens with zero attached hydrogens (tertiary/aromatic N) is 3. The maximum Gasteiger partial charge on any atom is 0.433 e. The molecule has 0 unspecified atom stereocenters. The highest BCUT2D eigenvalue weighted by Gasteiger charge is 2.33. The smallest absolute Gasteiger partial charge is 0.383 e. The molecule has 0 aliphatic rings. The zero-order chi connectivity index (χ0) is 25.9. The van der Waals surface area contributed by atoms with Gasteiger partial charge in [-0.3, -0.25) is 29.0 Å². The van der Waals surface area contributed by atoms with Crippen molar-refractivity contribution in [2.75, 3.05) is 10.6 Å². The number of nitrogens with one attached hydrogen (secondary N) is 1. The van der Waals surface area contributed by atoms with E-state index in [0.717, 1.165) is 27.3 Å². The lowest BCUT2D eigenvalue weighted by Gasteiger charge is -2.25. The highest BCUT2D eigenvalue weighted by atomic mass is 19.4. The molecule has 4 rings (SSSR count). The molecule has 0 spiro atoms. The van der Waals surface area contributed by atoms with Gasteiger partial charge in [0.05, 0.1) is 18.7 Å². The van der Waals surface area contributed by atoms with Crippen molar-refractivity contribution < 1.29 is 18.0 Å².